The highest BCUT2D eigenvalue weighted by Gasteiger charge is 2.35. The van der Waals surface area contributed by atoms with Gasteiger partial charge in [0.25, 0.3) is 0 Å². The zero-order chi connectivity index (χ0) is 18.2. The number of phosphoric ester groups is 1. The number of rotatable bonds is 12. The van der Waals surface area contributed by atoms with Crippen LogP contribution in [0.3, 0.4) is 0 Å². The number of carbonyl (C=O) groups is 4. The largest absolute Gasteiger partial charge is 0.473 e. The molecule has 0 bridgehead atoms. The quantitative estimate of drug-likeness (QED) is 0.319. The Bertz CT molecular complexity index is 519. The topological polar surface area (TPSA) is 124 Å². The third kappa shape index (κ3) is 7.38. The minimum absolute atomic E-state index is 0.0132. The maximum absolute atomic E-state index is 12.0. The molecule has 2 unspecified atom stereocenters. The number of phosphoric acid groups is 1. The Hall–Kier alpha value is -1.73. The summed E-state index contributed by atoms with van der Waals surface area (Å²) in [4.78, 5) is 54.3. The van der Waals surface area contributed by atoms with Crippen LogP contribution >= 0.6 is 7.82 Å². The lowest BCUT2D eigenvalue weighted by Crippen LogP contribution is -2.28. The van der Waals surface area contributed by atoms with Crippen molar-refractivity contribution in [2.75, 3.05) is 0 Å². The molecule has 2 atom stereocenters. The van der Waals surface area contributed by atoms with Gasteiger partial charge in [0.1, 0.15) is 24.8 Å². The predicted molar refractivity (Wildman–Crippen MR) is 80.6 cm³/mol. The van der Waals surface area contributed by atoms with E-state index in [9.17, 15) is 28.6 Å². The molecular weight excluding hydrogens is 327 g/mol. The second-order valence-electron chi connectivity index (χ2n) is 4.75. The van der Waals surface area contributed by atoms with E-state index in [4.69, 9.17) is 0 Å². The molecule has 0 aromatic heterocycles. The van der Waals surface area contributed by atoms with Gasteiger partial charge in [-0.3, -0.25) is 18.6 Å². The Morgan fingerprint density at radius 3 is 1.52 bits per heavy atom. The first kappa shape index (κ1) is 21.3. The molecule has 8 nitrogen and oxygen atoms in total. The highest BCUT2D eigenvalue weighted by Crippen LogP contribution is 2.47. The molecule has 9 heteroatoms. The van der Waals surface area contributed by atoms with E-state index < -0.39 is 44.4 Å². The predicted octanol–water partition coefficient (Wildman–Crippen LogP) is 1.33. The van der Waals surface area contributed by atoms with Crippen LogP contribution in [0, 0.1) is 0 Å². The van der Waals surface area contributed by atoms with Crippen LogP contribution in [0.25, 0.3) is 0 Å². The normalized spacial score (nSPS) is 15.8. The van der Waals surface area contributed by atoms with Gasteiger partial charge in [-0.2, -0.15) is 0 Å². The smallest absolute Gasteiger partial charge is 0.303 e. The van der Waals surface area contributed by atoms with Crippen molar-refractivity contribution in [2.24, 2.45) is 0 Å². The molecule has 0 amide bonds. The molecule has 23 heavy (non-hydrogen) atoms. The molecule has 0 radical (unpaired) electrons. The molecule has 0 saturated carbocycles. The number of aldehydes is 2. The molecule has 0 spiro atoms. The van der Waals surface area contributed by atoms with Gasteiger partial charge in [-0.05, 0) is 25.0 Å². The third-order valence-electron chi connectivity index (χ3n) is 2.57. The summed E-state index contributed by atoms with van der Waals surface area (Å²) in [6.07, 6.45) is -3.48. The van der Waals surface area contributed by atoms with E-state index in [1.807, 2.05) is 0 Å². The summed E-state index contributed by atoms with van der Waals surface area (Å²) in [5.41, 5.74) is 0.0265. The zero-order valence-electron chi connectivity index (χ0n) is 12.9. The van der Waals surface area contributed by atoms with Gasteiger partial charge in [-0.15, -0.1) is 0 Å². The summed E-state index contributed by atoms with van der Waals surface area (Å²) >= 11 is 0. The standard InChI is InChI=1S/C14H19O8P/c1-9(2)13(17)11(5-7-15)21-23(19,20)22-12(6-8-16)14(18)10(3)4/h7-8,11-12H,1,3,5-6H2,2,4H3,(H,19,20). The molecule has 1 N–H and O–H groups in total. The van der Waals surface area contributed by atoms with E-state index in [2.05, 4.69) is 22.2 Å². The van der Waals surface area contributed by atoms with E-state index in [-0.39, 0.29) is 11.1 Å². The van der Waals surface area contributed by atoms with Crippen LogP contribution in [0.1, 0.15) is 26.7 Å². The minimum atomic E-state index is -4.89. The van der Waals surface area contributed by atoms with Crippen molar-refractivity contribution in [3.05, 3.63) is 24.3 Å². The van der Waals surface area contributed by atoms with Gasteiger partial charge < -0.3 is 14.5 Å². The van der Waals surface area contributed by atoms with Gasteiger partial charge in [0.2, 0.25) is 0 Å². The highest BCUT2D eigenvalue weighted by atomic mass is 31.2. The molecule has 0 heterocycles. The molecule has 128 valence electrons. The van der Waals surface area contributed by atoms with Gasteiger partial charge in [0.05, 0.1) is 0 Å². The van der Waals surface area contributed by atoms with E-state index in [1.165, 1.54) is 13.8 Å². The van der Waals surface area contributed by atoms with Crippen molar-refractivity contribution in [1.29, 1.82) is 0 Å². The first-order chi connectivity index (χ1) is 10.6. The molecular formula is C14H19O8P. The first-order valence-corrected chi connectivity index (χ1v) is 8.01. The van der Waals surface area contributed by atoms with Crippen molar-refractivity contribution in [3.8, 4) is 0 Å². The van der Waals surface area contributed by atoms with Crippen molar-refractivity contribution in [2.45, 2.75) is 38.9 Å². The Kier molecular flexibility index (Phi) is 8.71. The average Bonchev–Trinajstić information content (AvgIpc) is 2.44. The third-order valence-corrected chi connectivity index (χ3v) is 3.61. The lowest BCUT2D eigenvalue weighted by Gasteiger charge is -2.21. The molecule has 0 aromatic rings. The summed E-state index contributed by atoms with van der Waals surface area (Å²) in [6, 6.07) is 0. The molecule has 0 aliphatic heterocycles. The summed E-state index contributed by atoms with van der Waals surface area (Å²) in [5, 5.41) is 0. The van der Waals surface area contributed by atoms with Crippen LogP contribution in [0.4, 0.5) is 0 Å². The fourth-order valence-electron chi connectivity index (χ4n) is 1.47. The average molecular weight is 346 g/mol. The highest BCUT2D eigenvalue weighted by molar-refractivity contribution is 7.47. The van der Waals surface area contributed by atoms with E-state index in [1.54, 1.807) is 0 Å². The number of carbonyl (C=O) groups excluding carboxylic acids is 4. The molecule has 0 aliphatic carbocycles. The van der Waals surface area contributed by atoms with Crippen LogP contribution in [0.5, 0.6) is 0 Å². The van der Waals surface area contributed by atoms with Crippen LogP contribution < -0.4 is 0 Å². The van der Waals surface area contributed by atoms with Crippen LogP contribution in [-0.2, 0) is 32.8 Å². The SMILES string of the molecule is C=C(C)C(=O)C(CC=O)OP(=O)(O)OC(CC=O)C(=O)C(=C)C. The number of ketones is 2. The number of hydrogen-bond donors (Lipinski definition) is 1. The van der Waals surface area contributed by atoms with Crippen molar-refractivity contribution >= 4 is 32.0 Å². The van der Waals surface area contributed by atoms with Gasteiger partial charge >= 0.3 is 7.82 Å². The summed E-state index contributed by atoms with van der Waals surface area (Å²) < 4.78 is 21.3. The summed E-state index contributed by atoms with van der Waals surface area (Å²) in [5.74, 6) is -1.51. The molecule has 0 saturated heterocycles. The number of hydrogen-bond acceptors (Lipinski definition) is 7. The summed E-state index contributed by atoms with van der Waals surface area (Å²) in [6.45, 7) is 9.40. The van der Waals surface area contributed by atoms with Crippen molar-refractivity contribution < 1.29 is 37.7 Å². The van der Waals surface area contributed by atoms with E-state index >= 15 is 0 Å². The Balaban J connectivity index is 5.23. The lowest BCUT2D eigenvalue weighted by atomic mass is 10.1. The second-order valence-corrected chi connectivity index (χ2v) is 6.11. The monoisotopic (exact) mass is 346 g/mol. The van der Waals surface area contributed by atoms with Gasteiger partial charge in [0, 0.05) is 12.8 Å². The Morgan fingerprint density at radius 2 is 1.30 bits per heavy atom. The minimum Gasteiger partial charge on any atom is -0.303 e. The maximum Gasteiger partial charge on any atom is 0.473 e. The summed E-state index contributed by atoms with van der Waals surface area (Å²) in [7, 11) is -4.89. The van der Waals surface area contributed by atoms with Crippen LogP contribution in [-0.4, -0.2) is 41.2 Å². The Morgan fingerprint density at radius 1 is 1.00 bits per heavy atom. The lowest BCUT2D eigenvalue weighted by molar-refractivity contribution is -0.128. The maximum atomic E-state index is 12.0. The fraction of sp³-hybridized carbons (Fsp3) is 0.429. The van der Waals surface area contributed by atoms with E-state index in [0.29, 0.717) is 12.6 Å². The molecule has 0 aromatic carbocycles. The van der Waals surface area contributed by atoms with Crippen molar-refractivity contribution in [3.63, 3.8) is 0 Å². The number of Topliss-reactive ketones (excluding diaryl/α,β-unsaturated/α-hetero) is 2. The fourth-order valence-corrected chi connectivity index (χ4v) is 2.52. The van der Waals surface area contributed by atoms with Gasteiger partial charge in [-0.1, -0.05) is 13.2 Å². The molecule has 0 fully saturated rings. The van der Waals surface area contributed by atoms with Crippen LogP contribution in [0.2, 0.25) is 0 Å². The molecule has 0 aliphatic rings. The van der Waals surface area contributed by atoms with Gasteiger partial charge in [0.15, 0.2) is 11.6 Å². The zero-order valence-corrected chi connectivity index (χ0v) is 13.8. The van der Waals surface area contributed by atoms with Crippen molar-refractivity contribution in [1.82, 2.24) is 0 Å². The second kappa shape index (κ2) is 9.42. The Labute approximate surface area is 133 Å². The first-order valence-electron chi connectivity index (χ1n) is 6.52. The van der Waals surface area contributed by atoms with Crippen LogP contribution in [0.15, 0.2) is 24.3 Å². The van der Waals surface area contributed by atoms with E-state index in [0.717, 1.165) is 0 Å². The van der Waals surface area contributed by atoms with Gasteiger partial charge in [-0.25, -0.2) is 4.57 Å². The molecule has 0 rings (SSSR count).